The van der Waals surface area contributed by atoms with E-state index in [9.17, 15) is 18.0 Å². The van der Waals surface area contributed by atoms with Crippen LogP contribution in [0.3, 0.4) is 0 Å². The minimum atomic E-state index is -4.41. The van der Waals surface area contributed by atoms with E-state index in [4.69, 9.17) is 4.74 Å². The smallest absolute Gasteiger partial charge is 0.416 e. The molecule has 27 heavy (non-hydrogen) atoms. The van der Waals surface area contributed by atoms with Crippen LogP contribution in [0.2, 0.25) is 0 Å². The quantitative estimate of drug-likeness (QED) is 0.855. The Balaban J connectivity index is 1.67. The summed E-state index contributed by atoms with van der Waals surface area (Å²) < 4.78 is 42.9. The third kappa shape index (κ3) is 4.62. The average molecular weight is 378 g/mol. The van der Waals surface area contributed by atoms with E-state index < -0.39 is 11.7 Å². The van der Waals surface area contributed by atoms with E-state index in [-0.39, 0.29) is 11.9 Å². The van der Waals surface area contributed by atoms with Crippen molar-refractivity contribution in [3.05, 3.63) is 59.6 Å². The number of nitrogens with one attached hydrogen (secondary N) is 2. The van der Waals surface area contributed by atoms with Crippen LogP contribution >= 0.6 is 0 Å². The molecule has 2 heterocycles. The highest BCUT2D eigenvalue weighted by Crippen LogP contribution is 2.30. The minimum absolute atomic E-state index is 0.265. The van der Waals surface area contributed by atoms with Crippen molar-refractivity contribution in [2.24, 2.45) is 0 Å². The molecule has 1 aliphatic heterocycles. The molecule has 0 fully saturated rings. The SMILES string of the molecule is COc1ccnc(C2CC(C(=O)Nc3ccc(C(F)(F)F)cc3)=CCN2)n1. The molecule has 2 N–H and O–H groups in total. The normalized spacial score (nSPS) is 17.2. The van der Waals surface area contributed by atoms with Crippen molar-refractivity contribution in [1.29, 1.82) is 0 Å². The number of ether oxygens (including phenoxy) is 1. The Morgan fingerprint density at radius 3 is 2.67 bits per heavy atom. The van der Waals surface area contributed by atoms with Gasteiger partial charge in [0.15, 0.2) is 0 Å². The third-order valence-electron chi connectivity index (χ3n) is 4.07. The number of carbonyl (C=O) groups excluding carboxylic acids is 1. The van der Waals surface area contributed by atoms with Crippen LogP contribution < -0.4 is 15.4 Å². The van der Waals surface area contributed by atoms with Crippen molar-refractivity contribution in [3.63, 3.8) is 0 Å². The minimum Gasteiger partial charge on any atom is -0.481 e. The van der Waals surface area contributed by atoms with E-state index in [1.807, 2.05) is 0 Å². The Morgan fingerprint density at radius 2 is 2.00 bits per heavy atom. The van der Waals surface area contributed by atoms with Crippen molar-refractivity contribution in [3.8, 4) is 5.88 Å². The summed E-state index contributed by atoms with van der Waals surface area (Å²) in [5, 5.41) is 5.81. The summed E-state index contributed by atoms with van der Waals surface area (Å²) in [6.45, 7) is 0.445. The number of hydrogen-bond donors (Lipinski definition) is 2. The molecule has 9 heteroatoms. The lowest BCUT2D eigenvalue weighted by molar-refractivity contribution is -0.137. The van der Waals surface area contributed by atoms with Crippen molar-refractivity contribution in [2.75, 3.05) is 19.0 Å². The van der Waals surface area contributed by atoms with Crippen LogP contribution in [0.15, 0.2) is 48.2 Å². The summed E-state index contributed by atoms with van der Waals surface area (Å²) in [4.78, 5) is 20.9. The average Bonchev–Trinajstić information content (AvgIpc) is 2.68. The molecule has 1 aromatic carbocycles. The molecule has 1 unspecified atom stereocenters. The highest BCUT2D eigenvalue weighted by Gasteiger charge is 2.30. The molecule has 0 spiro atoms. The first-order chi connectivity index (χ1) is 12.9. The summed E-state index contributed by atoms with van der Waals surface area (Å²) in [5.74, 6) is 0.554. The van der Waals surface area contributed by atoms with Gasteiger partial charge in [0.2, 0.25) is 5.88 Å². The highest BCUT2D eigenvalue weighted by molar-refractivity contribution is 6.03. The number of alkyl halides is 3. The van der Waals surface area contributed by atoms with Crippen LogP contribution in [0.4, 0.5) is 18.9 Å². The van der Waals surface area contributed by atoms with Gasteiger partial charge in [0.1, 0.15) is 5.82 Å². The van der Waals surface area contributed by atoms with Crippen LogP contribution in [0.1, 0.15) is 23.9 Å². The fraction of sp³-hybridized carbons (Fsp3) is 0.278. The van der Waals surface area contributed by atoms with Gasteiger partial charge in [-0.3, -0.25) is 4.79 Å². The molecule has 142 valence electrons. The Labute approximate surface area is 153 Å². The van der Waals surface area contributed by atoms with Gasteiger partial charge in [-0.2, -0.15) is 18.2 Å². The van der Waals surface area contributed by atoms with Gasteiger partial charge in [0.05, 0.1) is 18.7 Å². The Morgan fingerprint density at radius 1 is 1.26 bits per heavy atom. The molecule has 0 radical (unpaired) electrons. The summed E-state index contributed by atoms with van der Waals surface area (Å²) in [7, 11) is 1.50. The fourth-order valence-electron chi connectivity index (χ4n) is 2.66. The molecule has 1 atom stereocenters. The van der Waals surface area contributed by atoms with Gasteiger partial charge in [-0.15, -0.1) is 0 Å². The zero-order valence-electron chi connectivity index (χ0n) is 14.4. The fourth-order valence-corrected chi connectivity index (χ4v) is 2.66. The van der Waals surface area contributed by atoms with E-state index in [0.29, 0.717) is 35.9 Å². The second kappa shape index (κ2) is 7.75. The van der Waals surface area contributed by atoms with Gasteiger partial charge in [-0.1, -0.05) is 6.08 Å². The van der Waals surface area contributed by atoms with Gasteiger partial charge >= 0.3 is 6.18 Å². The number of nitrogens with zero attached hydrogens (tertiary/aromatic N) is 2. The third-order valence-corrected chi connectivity index (χ3v) is 4.07. The number of anilines is 1. The van der Waals surface area contributed by atoms with Crippen molar-refractivity contribution >= 4 is 11.6 Å². The molecular weight excluding hydrogens is 361 g/mol. The lowest BCUT2D eigenvalue weighted by atomic mass is 10.0. The molecule has 2 aromatic rings. The molecule has 3 rings (SSSR count). The molecule has 1 amide bonds. The van der Waals surface area contributed by atoms with Crippen molar-refractivity contribution < 1.29 is 22.7 Å². The maximum Gasteiger partial charge on any atom is 0.416 e. The number of aromatic nitrogens is 2. The summed E-state index contributed by atoms with van der Waals surface area (Å²) in [5.41, 5.74) is 0.0310. The number of benzene rings is 1. The zero-order chi connectivity index (χ0) is 19.4. The standard InChI is InChI=1S/C18H17F3N4O2/c1-27-15-7-9-23-16(25-15)14-10-11(6-8-22-14)17(26)24-13-4-2-12(3-5-13)18(19,20)21/h2-7,9,14,22H,8,10H2,1H3,(H,24,26). The van der Waals surface area contributed by atoms with Gasteiger partial charge in [-0.05, 0) is 24.3 Å². The van der Waals surface area contributed by atoms with Crippen LogP contribution in [0.25, 0.3) is 0 Å². The van der Waals surface area contributed by atoms with Crippen LogP contribution in [0, 0.1) is 0 Å². The van der Waals surface area contributed by atoms with Gasteiger partial charge in [-0.25, -0.2) is 4.98 Å². The number of rotatable bonds is 4. The van der Waals surface area contributed by atoms with Crippen molar-refractivity contribution in [1.82, 2.24) is 15.3 Å². The predicted molar refractivity (Wildman–Crippen MR) is 92.1 cm³/mol. The first kappa shape index (κ1) is 18.8. The number of methoxy groups -OCH3 is 1. The topological polar surface area (TPSA) is 76.1 Å². The van der Waals surface area contributed by atoms with E-state index in [1.54, 1.807) is 18.3 Å². The molecular formula is C18H17F3N4O2. The number of amides is 1. The van der Waals surface area contributed by atoms with Crippen LogP contribution in [0.5, 0.6) is 5.88 Å². The molecule has 1 aliphatic rings. The molecule has 6 nitrogen and oxygen atoms in total. The zero-order valence-corrected chi connectivity index (χ0v) is 14.4. The highest BCUT2D eigenvalue weighted by atomic mass is 19.4. The number of hydrogen-bond acceptors (Lipinski definition) is 5. The van der Waals surface area contributed by atoms with Crippen LogP contribution in [-0.2, 0) is 11.0 Å². The monoisotopic (exact) mass is 378 g/mol. The second-order valence-corrected chi connectivity index (χ2v) is 5.88. The first-order valence-electron chi connectivity index (χ1n) is 8.15. The molecule has 1 aromatic heterocycles. The Kier molecular flexibility index (Phi) is 5.41. The molecule has 0 aliphatic carbocycles. The van der Waals surface area contributed by atoms with E-state index in [1.165, 1.54) is 19.2 Å². The largest absolute Gasteiger partial charge is 0.481 e. The van der Waals surface area contributed by atoms with E-state index in [0.717, 1.165) is 12.1 Å². The second-order valence-electron chi connectivity index (χ2n) is 5.88. The Hall–Kier alpha value is -2.94. The first-order valence-corrected chi connectivity index (χ1v) is 8.15. The summed E-state index contributed by atoms with van der Waals surface area (Å²) in [6.07, 6.45) is -0.761. The number of carbonyl (C=O) groups is 1. The maximum absolute atomic E-state index is 12.6. The lowest BCUT2D eigenvalue weighted by Crippen LogP contribution is -2.31. The van der Waals surface area contributed by atoms with Gasteiger partial charge < -0.3 is 15.4 Å². The molecule has 0 bridgehead atoms. The summed E-state index contributed by atoms with van der Waals surface area (Å²) in [6, 6.07) is 5.67. The van der Waals surface area contributed by atoms with E-state index in [2.05, 4.69) is 20.6 Å². The van der Waals surface area contributed by atoms with Gasteiger partial charge in [0, 0.05) is 36.5 Å². The molecule has 0 saturated heterocycles. The predicted octanol–water partition coefficient (Wildman–Crippen LogP) is 3.10. The molecule has 0 saturated carbocycles. The van der Waals surface area contributed by atoms with Crippen molar-refractivity contribution in [2.45, 2.75) is 18.6 Å². The summed E-state index contributed by atoms with van der Waals surface area (Å²) >= 11 is 0. The van der Waals surface area contributed by atoms with Crippen LogP contribution in [-0.4, -0.2) is 29.5 Å². The maximum atomic E-state index is 12.6. The number of halogens is 3. The Bertz CT molecular complexity index is 850. The lowest BCUT2D eigenvalue weighted by Gasteiger charge is -2.23. The van der Waals surface area contributed by atoms with E-state index >= 15 is 0 Å². The van der Waals surface area contributed by atoms with Gasteiger partial charge in [0.25, 0.3) is 5.91 Å².